The van der Waals surface area contributed by atoms with Gasteiger partial charge in [0, 0.05) is 13.1 Å². The zero-order valence-corrected chi connectivity index (χ0v) is 13.1. The average molecular weight is 312 g/mol. The Morgan fingerprint density at radius 2 is 1.95 bits per heavy atom. The minimum Gasteiger partial charge on any atom is -0.378 e. The van der Waals surface area contributed by atoms with Crippen LogP contribution in [0.25, 0.3) is 0 Å². The van der Waals surface area contributed by atoms with Crippen LogP contribution < -0.4 is 4.72 Å². The summed E-state index contributed by atoms with van der Waals surface area (Å²) in [5.74, 6) is -0.230. The summed E-state index contributed by atoms with van der Waals surface area (Å²) < 4.78 is 32.0. The van der Waals surface area contributed by atoms with Gasteiger partial charge in [0.25, 0.3) is 0 Å². The molecule has 0 bridgehead atoms. The number of benzene rings is 1. The van der Waals surface area contributed by atoms with Crippen molar-refractivity contribution in [2.45, 2.75) is 18.7 Å². The van der Waals surface area contributed by atoms with Gasteiger partial charge in [0.1, 0.15) is 0 Å². The quantitative estimate of drug-likeness (QED) is 0.875. The number of ether oxygens (including phenoxy) is 1. The van der Waals surface area contributed by atoms with Crippen molar-refractivity contribution in [1.82, 2.24) is 9.62 Å². The Kier molecular flexibility index (Phi) is 4.97. The molecule has 21 heavy (non-hydrogen) atoms. The van der Waals surface area contributed by atoms with Gasteiger partial charge in [-0.05, 0) is 25.5 Å². The normalized spacial score (nSPS) is 16.0. The second-order valence-corrected chi connectivity index (χ2v) is 6.82. The number of nitrogens with zero attached hydrogens (tertiary/aromatic N) is 1. The molecule has 1 N–H and O–H groups in total. The van der Waals surface area contributed by atoms with Crippen molar-refractivity contribution in [3.63, 3.8) is 0 Å². The molecule has 0 unspecified atom stereocenters. The lowest BCUT2D eigenvalue weighted by Gasteiger charge is -2.26. The Morgan fingerprint density at radius 3 is 2.57 bits per heavy atom. The van der Waals surface area contributed by atoms with Gasteiger partial charge in [0.2, 0.25) is 15.9 Å². The molecule has 0 saturated carbocycles. The number of hydrogen-bond donors (Lipinski definition) is 1. The molecule has 1 aliphatic heterocycles. The molecular formula is C14H20N2O4S. The van der Waals surface area contributed by atoms with Crippen LogP contribution in [0, 0.1) is 13.8 Å². The highest BCUT2D eigenvalue weighted by atomic mass is 32.2. The third kappa shape index (κ3) is 4.03. The Labute approximate surface area is 125 Å². The molecule has 2 rings (SSSR count). The fraction of sp³-hybridized carbons (Fsp3) is 0.500. The van der Waals surface area contributed by atoms with Crippen molar-refractivity contribution in [2.75, 3.05) is 32.8 Å². The molecule has 1 heterocycles. The van der Waals surface area contributed by atoms with Gasteiger partial charge in [0.15, 0.2) is 0 Å². The van der Waals surface area contributed by atoms with Gasteiger partial charge in [-0.3, -0.25) is 4.79 Å². The second-order valence-electron chi connectivity index (χ2n) is 5.09. The summed E-state index contributed by atoms with van der Waals surface area (Å²) in [6, 6.07) is 5.11. The van der Waals surface area contributed by atoms with Crippen LogP contribution in [0.15, 0.2) is 23.1 Å². The van der Waals surface area contributed by atoms with Gasteiger partial charge in [-0.15, -0.1) is 0 Å². The third-order valence-electron chi connectivity index (χ3n) is 3.40. The topological polar surface area (TPSA) is 75.7 Å². The number of hydrogen-bond acceptors (Lipinski definition) is 4. The van der Waals surface area contributed by atoms with E-state index in [1.54, 1.807) is 30.0 Å². The molecule has 1 fully saturated rings. The predicted molar refractivity (Wildman–Crippen MR) is 78.5 cm³/mol. The van der Waals surface area contributed by atoms with E-state index in [-0.39, 0.29) is 17.3 Å². The van der Waals surface area contributed by atoms with E-state index in [0.717, 1.165) is 5.56 Å². The Hall–Kier alpha value is -1.44. The van der Waals surface area contributed by atoms with Crippen molar-refractivity contribution in [3.8, 4) is 0 Å². The zero-order valence-electron chi connectivity index (χ0n) is 12.3. The highest BCUT2D eigenvalue weighted by Gasteiger charge is 2.21. The summed E-state index contributed by atoms with van der Waals surface area (Å²) >= 11 is 0. The minimum atomic E-state index is -3.67. The SMILES string of the molecule is Cc1ccc(S(=O)(=O)NCC(=O)N2CCOCC2)c(C)c1. The van der Waals surface area contributed by atoms with E-state index in [1.807, 2.05) is 6.92 Å². The number of carbonyl (C=O) groups excluding carboxylic acids is 1. The lowest BCUT2D eigenvalue weighted by Crippen LogP contribution is -2.45. The van der Waals surface area contributed by atoms with Gasteiger partial charge in [0.05, 0.1) is 24.7 Å². The molecule has 0 radical (unpaired) electrons. The average Bonchev–Trinajstić information content (AvgIpc) is 2.45. The smallest absolute Gasteiger partial charge is 0.241 e. The summed E-state index contributed by atoms with van der Waals surface area (Å²) in [6.45, 7) is 5.42. The first-order valence-corrected chi connectivity index (χ1v) is 8.31. The molecule has 7 heteroatoms. The molecule has 0 atom stereocenters. The van der Waals surface area contributed by atoms with Crippen LogP contribution >= 0.6 is 0 Å². The van der Waals surface area contributed by atoms with Gasteiger partial charge in [-0.1, -0.05) is 17.7 Å². The maximum absolute atomic E-state index is 12.2. The molecular weight excluding hydrogens is 292 g/mol. The van der Waals surface area contributed by atoms with E-state index in [0.29, 0.717) is 31.9 Å². The molecule has 1 amide bonds. The lowest BCUT2D eigenvalue weighted by atomic mass is 10.2. The highest BCUT2D eigenvalue weighted by Crippen LogP contribution is 2.16. The largest absolute Gasteiger partial charge is 0.378 e. The molecule has 116 valence electrons. The zero-order chi connectivity index (χ0) is 15.5. The Morgan fingerprint density at radius 1 is 1.29 bits per heavy atom. The Bertz CT molecular complexity index is 622. The standard InChI is InChI=1S/C14H20N2O4S/c1-11-3-4-13(12(2)9-11)21(18,19)15-10-14(17)16-5-7-20-8-6-16/h3-4,9,15H,5-8,10H2,1-2H3. The van der Waals surface area contributed by atoms with Gasteiger partial charge >= 0.3 is 0 Å². The number of morpholine rings is 1. The number of amides is 1. The van der Waals surface area contributed by atoms with Crippen molar-refractivity contribution in [1.29, 1.82) is 0 Å². The minimum absolute atomic E-state index is 0.211. The fourth-order valence-electron chi connectivity index (χ4n) is 2.26. The van der Waals surface area contributed by atoms with E-state index in [9.17, 15) is 13.2 Å². The van der Waals surface area contributed by atoms with Crippen LogP contribution in [0.1, 0.15) is 11.1 Å². The molecule has 1 saturated heterocycles. The maximum Gasteiger partial charge on any atom is 0.241 e. The van der Waals surface area contributed by atoms with Crippen LogP contribution in [-0.4, -0.2) is 52.1 Å². The molecule has 1 aromatic rings. The van der Waals surface area contributed by atoms with E-state index >= 15 is 0 Å². The lowest BCUT2D eigenvalue weighted by molar-refractivity contribution is -0.133. The number of rotatable bonds is 4. The van der Waals surface area contributed by atoms with Crippen LogP contribution in [0.5, 0.6) is 0 Å². The Balaban J connectivity index is 2.02. The van der Waals surface area contributed by atoms with Crippen molar-refractivity contribution >= 4 is 15.9 Å². The van der Waals surface area contributed by atoms with Gasteiger partial charge in [-0.2, -0.15) is 0 Å². The maximum atomic E-state index is 12.2. The molecule has 0 aliphatic carbocycles. The van der Waals surface area contributed by atoms with Gasteiger partial charge in [-0.25, -0.2) is 13.1 Å². The number of aryl methyl sites for hydroxylation is 2. The highest BCUT2D eigenvalue weighted by molar-refractivity contribution is 7.89. The first-order valence-electron chi connectivity index (χ1n) is 6.82. The van der Waals surface area contributed by atoms with E-state index < -0.39 is 10.0 Å². The monoisotopic (exact) mass is 312 g/mol. The third-order valence-corrected chi connectivity index (χ3v) is 4.96. The van der Waals surface area contributed by atoms with Crippen LogP contribution in [0.4, 0.5) is 0 Å². The summed E-state index contributed by atoms with van der Waals surface area (Å²) in [6.07, 6.45) is 0. The molecule has 1 aromatic carbocycles. The number of nitrogens with one attached hydrogen (secondary N) is 1. The number of carbonyl (C=O) groups is 1. The molecule has 6 nitrogen and oxygen atoms in total. The van der Waals surface area contributed by atoms with Gasteiger partial charge < -0.3 is 9.64 Å². The predicted octanol–water partition coefficient (Wildman–Crippen LogP) is 0.441. The summed E-state index contributed by atoms with van der Waals surface area (Å²) in [7, 11) is -3.67. The first-order chi connectivity index (χ1) is 9.90. The van der Waals surface area contributed by atoms with E-state index in [2.05, 4.69) is 4.72 Å². The van der Waals surface area contributed by atoms with Crippen molar-refractivity contribution in [2.24, 2.45) is 0 Å². The fourth-order valence-corrected chi connectivity index (χ4v) is 3.46. The number of sulfonamides is 1. The van der Waals surface area contributed by atoms with Crippen LogP contribution in [0.3, 0.4) is 0 Å². The van der Waals surface area contributed by atoms with E-state index in [1.165, 1.54) is 0 Å². The summed E-state index contributed by atoms with van der Waals surface area (Å²) in [4.78, 5) is 13.8. The van der Waals surface area contributed by atoms with Crippen molar-refractivity contribution < 1.29 is 17.9 Å². The summed E-state index contributed by atoms with van der Waals surface area (Å²) in [5, 5.41) is 0. The van der Waals surface area contributed by atoms with E-state index in [4.69, 9.17) is 4.74 Å². The molecule has 1 aliphatic rings. The first kappa shape index (κ1) is 15.9. The summed E-state index contributed by atoms with van der Waals surface area (Å²) in [5.41, 5.74) is 1.66. The van der Waals surface area contributed by atoms with Crippen molar-refractivity contribution in [3.05, 3.63) is 29.3 Å². The molecule has 0 spiro atoms. The van der Waals surface area contributed by atoms with Crippen LogP contribution in [-0.2, 0) is 19.6 Å². The van der Waals surface area contributed by atoms with Crippen LogP contribution in [0.2, 0.25) is 0 Å². The second kappa shape index (κ2) is 6.55. The molecule has 0 aromatic heterocycles.